The van der Waals surface area contributed by atoms with Crippen molar-refractivity contribution < 1.29 is 9.53 Å². The van der Waals surface area contributed by atoms with Crippen LogP contribution in [0.3, 0.4) is 0 Å². The van der Waals surface area contributed by atoms with E-state index in [0.717, 1.165) is 67.9 Å². The number of hydrogen-bond donors (Lipinski definition) is 3. The number of methoxy groups -OCH3 is 1. The number of aromatic nitrogens is 4. The van der Waals surface area contributed by atoms with Crippen molar-refractivity contribution in [2.75, 3.05) is 38.6 Å². The SMILES string of the molecule is COc1cc(C2CNCCN2C2CCN[C@H](C=O)C2)ccc1Nc1ncc(Cl)c(-c2cnc3ccccn23)n1. The Hall–Kier alpha value is -3.57. The Labute approximate surface area is 231 Å². The van der Waals surface area contributed by atoms with Crippen molar-refractivity contribution >= 4 is 35.2 Å². The average molecular weight is 547 g/mol. The second kappa shape index (κ2) is 11.3. The first-order valence-corrected chi connectivity index (χ1v) is 13.6. The average Bonchev–Trinajstić information content (AvgIpc) is 3.42. The molecule has 11 heteroatoms. The summed E-state index contributed by atoms with van der Waals surface area (Å²) < 4.78 is 7.74. The Morgan fingerprint density at radius 2 is 2.10 bits per heavy atom. The van der Waals surface area contributed by atoms with Crippen LogP contribution in [0, 0.1) is 0 Å². The number of rotatable bonds is 7. The van der Waals surface area contributed by atoms with Crippen molar-refractivity contribution in [2.24, 2.45) is 0 Å². The van der Waals surface area contributed by atoms with E-state index in [2.05, 4.69) is 43.0 Å². The first-order chi connectivity index (χ1) is 19.1. The molecule has 0 radical (unpaired) electrons. The van der Waals surface area contributed by atoms with Gasteiger partial charge in [-0.3, -0.25) is 9.30 Å². The summed E-state index contributed by atoms with van der Waals surface area (Å²) >= 11 is 6.50. The molecule has 2 aliphatic heterocycles. The molecule has 0 aliphatic carbocycles. The molecule has 2 fully saturated rings. The van der Waals surface area contributed by atoms with Gasteiger partial charge in [0, 0.05) is 37.9 Å². The van der Waals surface area contributed by atoms with Gasteiger partial charge in [0.1, 0.15) is 23.4 Å². The maximum atomic E-state index is 11.4. The molecule has 0 spiro atoms. The molecule has 6 rings (SSSR count). The molecule has 3 atom stereocenters. The van der Waals surface area contributed by atoms with Gasteiger partial charge in [-0.2, -0.15) is 0 Å². The lowest BCUT2D eigenvalue weighted by Crippen LogP contribution is -2.55. The third-order valence-corrected chi connectivity index (χ3v) is 7.87. The topological polar surface area (TPSA) is 109 Å². The third kappa shape index (κ3) is 5.20. The minimum Gasteiger partial charge on any atom is -0.495 e. The van der Waals surface area contributed by atoms with Crippen molar-refractivity contribution in [3.8, 4) is 17.1 Å². The second-order valence-corrected chi connectivity index (χ2v) is 10.3. The van der Waals surface area contributed by atoms with Crippen molar-refractivity contribution in [1.82, 2.24) is 34.9 Å². The smallest absolute Gasteiger partial charge is 0.227 e. The van der Waals surface area contributed by atoms with Crippen molar-refractivity contribution in [3.05, 3.63) is 65.6 Å². The van der Waals surface area contributed by atoms with Crippen LogP contribution in [0.5, 0.6) is 5.75 Å². The minimum atomic E-state index is -0.0785. The number of halogens is 1. The van der Waals surface area contributed by atoms with E-state index in [4.69, 9.17) is 21.3 Å². The van der Waals surface area contributed by atoms with E-state index in [9.17, 15) is 4.79 Å². The molecule has 0 bridgehead atoms. The lowest BCUT2D eigenvalue weighted by atomic mass is 9.93. The molecule has 2 unspecified atom stereocenters. The van der Waals surface area contributed by atoms with Gasteiger partial charge in [0.05, 0.1) is 41.9 Å². The van der Waals surface area contributed by atoms with E-state index < -0.39 is 0 Å². The molecule has 1 aromatic carbocycles. The van der Waals surface area contributed by atoms with Crippen LogP contribution in [0.15, 0.2) is 55.0 Å². The van der Waals surface area contributed by atoms with Gasteiger partial charge in [0.15, 0.2) is 0 Å². The van der Waals surface area contributed by atoms with Crippen molar-refractivity contribution in [1.29, 1.82) is 0 Å². The van der Waals surface area contributed by atoms with E-state index in [0.29, 0.717) is 28.5 Å². The standard InChI is InChI=1S/C28H31ClN8O2/c1-39-25-12-18(23-15-30-9-11-36(23)20-7-8-31-19(13-20)17-38)5-6-22(25)34-28-33-14-21(29)27(35-28)24-16-32-26-4-2-3-10-37(24)26/h2-6,10,12,14,16-17,19-20,23,30-31H,7-9,11,13,15H2,1H3,(H,33,34,35)/t19-,20?,23?/m0/s1. The Morgan fingerprint density at radius 3 is 2.97 bits per heavy atom. The molecular formula is C28H31ClN8O2. The number of pyridine rings is 1. The molecule has 202 valence electrons. The van der Waals surface area contributed by atoms with Gasteiger partial charge in [-0.15, -0.1) is 0 Å². The molecule has 5 heterocycles. The highest BCUT2D eigenvalue weighted by molar-refractivity contribution is 6.32. The Bertz CT molecular complexity index is 1480. The van der Waals surface area contributed by atoms with Gasteiger partial charge >= 0.3 is 0 Å². The highest BCUT2D eigenvalue weighted by Crippen LogP contribution is 2.35. The zero-order valence-corrected chi connectivity index (χ0v) is 22.4. The van der Waals surface area contributed by atoms with Gasteiger partial charge in [-0.25, -0.2) is 15.0 Å². The molecule has 2 saturated heterocycles. The molecule has 10 nitrogen and oxygen atoms in total. The molecular weight excluding hydrogens is 516 g/mol. The number of piperazine rings is 1. The minimum absolute atomic E-state index is 0.0785. The molecule has 0 saturated carbocycles. The van der Waals surface area contributed by atoms with Gasteiger partial charge in [0.2, 0.25) is 5.95 Å². The monoisotopic (exact) mass is 546 g/mol. The number of aldehydes is 1. The molecule has 3 N–H and O–H groups in total. The van der Waals surface area contributed by atoms with Crippen LogP contribution < -0.4 is 20.7 Å². The summed E-state index contributed by atoms with van der Waals surface area (Å²) in [4.78, 5) is 27.6. The number of fused-ring (bicyclic) bond motifs is 1. The predicted octanol–water partition coefficient (Wildman–Crippen LogP) is 3.46. The number of nitrogens with zero attached hydrogens (tertiary/aromatic N) is 5. The molecule has 0 amide bonds. The zero-order valence-electron chi connectivity index (χ0n) is 21.7. The van der Waals surface area contributed by atoms with E-state index in [1.807, 2.05) is 34.9 Å². The fourth-order valence-corrected chi connectivity index (χ4v) is 5.84. The Balaban J connectivity index is 1.26. The number of imidazole rings is 1. The zero-order chi connectivity index (χ0) is 26.8. The van der Waals surface area contributed by atoms with E-state index in [1.54, 1.807) is 19.5 Å². The number of anilines is 2. The summed E-state index contributed by atoms with van der Waals surface area (Å²) in [5.74, 6) is 1.10. The highest BCUT2D eigenvalue weighted by Gasteiger charge is 2.33. The molecule has 2 aliphatic rings. The summed E-state index contributed by atoms with van der Waals surface area (Å²) in [7, 11) is 1.66. The van der Waals surface area contributed by atoms with E-state index in [1.165, 1.54) is 0 Å². The summed E-state index contributed by atoms with van der Waals surface area (Å²) in [6, 6.07) is 12.5. The van der Waals surface area contributed by atoms with Crippen LogP contribution in [0.25, 0.3) is 17.0 Å². The van der Waals surface area contributed by atoms with Crippen LogP contribution in [0.2, 0.25) is 5.02 Å². The van der Waals surface area contributed by atoms with Gasteiger partial charge in [0.25, 0.3) is 0 Å². The van der Waals surface area contributed by atoms with Crippen LogP contribution in [0.4, 0.5) is 11.6 Å². The van der Waals surface area contributed by atoms with Crippen LogP contribution in [-0.4, -0.2) is 75.9 Å². The maximum absolute atomic E-state index is 11.4. The van der Waals surface area contributed by atoms with E-state index in [-0.39, 0.29) is 12.1 Å². The second-order valence-electron chi connectivity index (χ2n) is 9.88. The highest BCUT2D eigenvalue weighted by atomic mass is 35.5. The van der Waals surface area contributed by atoms with Crippen LogP contribution in [0.1, 0.15) is 24.4 Å². The summed E-state index contributed by atoms with van der Waals surface area (Å²) in [6.07, 6.45) is 8.17. The van der Waals surface area contributed by atoms with Gasteiger partial charge < -0.3 is 25.5 Å². The number of benzene rings is 1. The number of nitrogens with one attached hydrogen (secondary N) is 3. The summed E-state index contributed by atoms with van der Waals surface area (Å²) in [5, 5.41) is 10.6. The quantitative estimate of drug-likeness (QED) is 0.300. The van der Waals surface area contributed by atoms with Gasteiger partial charge in [-0.05, 0) is 49.2 Å². The van der Waals surface area contributed by atoms with Crippen LogP contribution >= 0.6 is 11.6 Å². The lowest BCUT2D eigenvalue weighted by molar-refractivity contribution is -0.110. The predicted molar refractivity (Wildman–Crippen MR) is 151 cm³/mol. The fraction of sp³-hybridized carbons (Fsp3) is 0.357. The Morgan fingerprint density at radius 1 is 1.18 bits per heavy atom. The van der Waals surface area contributed by atoms with Crippen molar-refractivity contribution in [2.45, 2.75) is 31.0 Å². The largest absolute Gasteiger partial charge is 0.495 e. The number of carbonyl (C=O) groups excluding carboxylic acids is 1. The Kier molecular flexibility index (Phi) is 7.43. The normalized spacial score (nSPS) is 22.1. The molecule has 4 aromatic rings. The maximum Gasteiger partial charge on any atom is 0.227 e. The number of carbonyl (C=O) groups is 1. The van der Waals surface area contributed by atoms with E-state index >= 15 is 0 Å². The molecule has 3 aromatic heterocycles. The first kappa shape index (κ1) is 25.7. The number of hydrogen-bond acceptors (Lipinski definition) is 9. The number of ether oxygens (including phenoxy) is 1. The lowest BCUT2D eigenvalue weighted by Gasteiger charge is -2.44. The number of piperidine rings is 1. The van der Waals surface area contributed by atoms with Crippen LogP contribution in [-0.2, 0) is 4.79 Å². The summed E-state index contributed by atoms with van der Waals surface area (Å²) in [5.41, 5.74) is 4.09. The fourth-order valence-electron chi connectivity index (χ4n) is 5.65. The third-order valence-electron chi connectivity index (χ3n) is 7.59. The molecule has 39 heavy (non-hydrogen) atoms. The summed E-state index contributed by atoms with van der Waals surface area (Å²) in [6.45, 7) is 3.57. The van der Waals surface area contributed by atoms with Crippen molar-refractivity contribution in [3.63, 3.8) is 0 Å². The first-order valence-electron chi connectivity index (χ1n) is 13.2. The van der Waals surface area contributed by atoms with Gasteiger partial charge in [-0.1, -0.05) is 23.7 Å².